The summed E-state index contributed by atoms with van der Waals surface area (Å²) < 4.78 is 39.0. The van der Waals surface area contributed by atoms with Crippen LogP contribution < -0.4 is 5.32 Å². The van der Waals surface area contributed by atoms with Gasteiger partial charge in [0, 0.05) is 5.69 Å². The van der Waals surface area contributed by atoms with Crippen molar-refractivity contribution in [2.45, 2.75) is 34.0 Å². The van der Waals surface area contributed by atoms with Crippen molar-refractivity contribution in [1.82, 2.24) is 10.2 Å². The number of hydrogen-bond donors (Lipinski definition) is 1. The van der Waals surface area contributed by atoms with Crippen LogP contribution in [0.3, 0.4) is 0 Å². The number of amides is 1. The molecule has 1 aromatic heterocycles. The lowest BCUT2D eigenvalue weighted by molar-refractivity contribution is -0.137. The molecule has 2 aromatic rings. The molecule has 1 N–H and O–H groups in total. The maximum Gasteiger partial charge on any atom is 0.416 e. The zero-order chi connectivity index (χ0) is 17.7. The number of rotatable bonds is 6. The van der Waals surface area contributed by atoms with E-state index in [1.54, 1.807) is 18.7 Å². The summed E-state index contributed by atoms with van der Waals surface area (Å²) in [5, 5.41) is 10.2. The van der Waals surface area contributed by atoms with Gasteiger partial charge in [-0.2, -0.15) is 13.2 Å². The minimum Gasteiger partial charge on any atom is -0.325 e. The molecule has 0 spiro atoms. The summed E-state index contributed by atoms with van der Waals surface area (Å²) in [5.74, 6) is 0.586. The average molecular weight is 393 g/mol. The van der Waals surface area contributed by atoms with Gasteiger partial charge in [-0.1, -0.05) is 41.8 Å². The highest BCUT2D eigenvalue weighted by molar-refractivity contribution is 8.03. The van der Waals surface area contributed by atoms with Gasteiger partial charge in [-0.15, -0.1) is 10.2 Å². The van der Waals surface area contributed by atoms with Gasteiger partial charge in [-0.05, 0) is 36.9 Å². The molecular weight excluding hydrogens is 379 g/mol. The first kappa shape index (κ1) is 19.1. The van der Waals surface area contributed by atoms with Gasteiger partial charge in [-0.3, -0.25) is 4.79 Å². The summed E-state index contributed by atoms with van der Waals surface area (Å²) in [5.41, 5.74) is -0.433. The van der Waals surface area contributed by atoms with Crippen molar-refractivity contribution in [3.8, 4) is 0 Å². The van der Waals surface area contributed by atoms with E-state index in [0.717, 1.165) is 22.2 Å². The Kier molecular flexibility index (Phi) is 6.53. The van der Waals surface area contributed by atoms with Gasteiger partial charge < -0.3 is 5.32 Å². The zero-order valence-electron chi connectivity index (χ0n) is 12.8. The molecule has 0 fully saturated rings. The molecule has 0 radical (unpaired) electrons. The summed E-state index contributed by atoms with van der Waals surface area (Å²) >= 11 is 4.25. The summed E-state index contributed by atoms with van der Waals surface area (Å²) in [6, 6.07) is 4.34. The second kappa shape index (κ2) is 8.21. The molecule has 1 unspecified atom stereocenters. The van der Waals surface area contributed by atoms with Crippen molar-refractivity contribution >= 4 is 46.5 Å². The Labute approximate surface area is 149 Å². The second-order valence-electron chi connectivity index (χ2n) is 4.59. The highest BCUT2D eigenvalue weighted by Crippen LogP contribution is 2.32. The fourth-order valence-electron chi connectivity index (χ4n) is 1.62. The third-order valence-electron chi connectivity index (χ3n) is 2.78. The normalized spacial score (nSPS) is 12.9. The molecular formula is C14H14F3N3OS3. The lowest BCUT2D eigenvalue weighted by Crippen LogP contribution is -2.22. The van der Waals surface area contributed by atoms with Crippen molar-refractivity contribution in [2.24, 2.45) is 0 Å². The van der Waals surface area contributed by atoms with Gasteiger partial charge in [0.1, 0.15) is 0 Å². The van der Waals surface area contributed by atoms with Gasteiger partial charge in [0.2, 0.25) is 5.91 Å². The van der Waals surface area contributed by atoms with Gasteiger partial charge in [0.05, 0.1) is 10.8 Å². The van der Waals surface area contributed by atoms with E-state index in [2.05, 4.69) is 15.5 Å². The van der Waals surface area contributed by atoms with Gasteiger partial charge >= 0.3 is 6.18 Å². The third kappa shape index (κ3) is 5.38. The second-order valence-corrected chi connectivity index (χ2v) is 8.67. The molecule has 24 heavy (non-hydrogen) atoms. The Balaban J connectivity index is 1.93. The van der Waals surface area contributed by atoms with Crippen molar-refractivity contribution in [3.63, 3.8) is 0 Å². The lowest BCUT2D eigenvalue weighted by atomic mass is 10.2. The molecule has 2 rings (SSSR count). The molecule has 0 saturated heterocycles. The van der Waals surface area contributed by atoms with E-state index < -0.39 is 17.0 Å². The first-order valence-corrected chi connectivity index (χ1v) is 9.59. The van der Waals surface area contributed by atoms with Crippen molar-refractivity contribution in [2.75, 3.05) is 11.1 Å². The van der Waals surface area contributed by atoms with Crippen molar-refractivity contribution in [1.29, 1.82) is 0 Å². The first-order valence-electron chi connectivity index (χ1n) is 6.90. The van der Waals surface area contributed by atoms with Crippen LogP contribution in [-0.2, 0) is 11.0 Å². The van der Waals surface area contributed by atoms with Crippen LogP contribution in [0.1, 0.15) is 19.4 Å². The minimum absolute atomic E-state index is 0.306. The summed E-state index contributed by atoms with van der Waals surface area (Å²) in [4.78, 5) is 12.1. The molecule has 10 heteroatoms. The Bertz CT molecular complexity index is 689. The van der Waals surface area contributed by atoms with E-state index in [1.807, 2.05) is 6.92 Å². The maximum absolute atomic E-state index is 12.5. The topological polar surface area (TPSA) is 54.9 Å². The highest BCUT2D eigenvalue weighted by Gasteiger charge is 2.30. The Morgan fingerprint density at radius 3 is 2.46 bits per heavy atom. The van der Waals surface area contributed by atoms with Crippen molar-refractivity contribution < 1.29 is 18.0 Å². The van der Waals surface area contributed by atoms with E-state index in [0.29, 0.717) is 10.0 Å². The first-order chi connectivity index (χ1) is 11.3. The predicted molar refractivity (Wildman–Crippen MR) is 91.7 cm³/mol. The Morgan fingerprint density at radius 2 is 1.88 bits per heavy atom. The van der Waals surface area contributed by atoms with Crippen LogP contribution in [0.15, 0.2) is 32.9 Å². The van der Waals surface area contributed by atoms with Crippen LogP contribution in [-0.4, -0.2) is 27.1 Å². The molecule has 1 atom stereocenters. The number of benzene rings is 1. The molecule has 0 saturated carbocycles. The number of nitrogens with zero attached hydrogens (tertiary/aromatic N) is 2. The fraction of sp³-hybridized carbons (Fsp3) is 0.357. The zero-order valence-corrected chi connectivity index (χ0v) is 15.2. The number of hydrogen-bond acceptors (Lipinski definition) is 6. The molecule has 4 nitrogen and oxygen atoms in total. The number of aromatic nitrogens is 2. The molecule has 1 amide bonds. The number of alkyl halides is 3. The molecule has 1 heterocycles. The summed E-state index contributed by atoms with van der Waals surface area (Å²) in [7, 11) is 0. The average Bonchev–Trinajstić information content (AvgIpc) is 2.94. The SMILES string of the molecule is CCSc1nnc(SC(C)C(=O)Nc2ccc(C(F)(F)F)cc2)s1. The van der Waals surface area contributed by atoms with E-state index >= 15 is 0 Å². The van der Waals surface area contributed by atoms with Gasteiger partial charge in [-0.25, -0.2) is 0 Å². The van der Waals surface area contributed by atoms with Gasteiger partial charge in [0.25, 0.3) is 0 Å². The van der Waals surface area contributed by atoms with E-state index in [1.165, 1.54) is 35.2 Å². The van der Waals surface area contributed by atoms with Crippen LogP contribution in [0, 0.1) is 0 Å². The number of anilines is 1. The van der Waals surface area contributed by atoms with E-state index in [9.17, 15) is 18.0 Å². The molecule has 0 aliphatic heterocycles. The number of nitrogens with one attached hydrogen (secondary N) is 1. The van der Waals surface area contributed by atoms with Crippen LogP contribution in [0.25, 0.3) is 0 Å². The summed E-state index contributed by atoms with van der Waals surface area (Å²) in [6.45, 7) is 3.72. The standard InChI is InChI=1S/C14H14F3N3OS3/c1-3-22-12-19-20-13(24-12)23-8(2)11(21)18-10-6-4-9(5-7-10)14(15,16)17/h4-8H,3H2,1-2H3,(H,18,21). The monoisotopic (exact) mass is 393 g/mol. The Morgan fingerprint density at radius 1 is 1.25 bits per heavy atom. The van der Waals surface area contributed by atoms with Crippen LogP contribution in [0.5, 0.6) is 0 Å². The van der Waals surface area contributed by atoms with Crippen molar-refractivity contribution in [3.05, 3.63) is 29.8 Å². The molecule has 0 aliphatic rings. The number of carbonyl (C=O) groups excluding carboxylic acids is 1. The largest absolute Gasteiger partial charge is 0.416 e. The molecule has 0 aliphatic carbocycles. The maximum atomic E-state index is 12.5. The third-order valence-corrected chi connectivity index (χ3v) is 5.91. The summed E-state index contributed by atoms with van der Waals surface area (Å²) in [6.07, 6.45) is -4.39. The quantitative estimate of drug-likeness (QED) is 0.715. The Hall–Kier alpha value is -1.26. The van der Waals surface area contributed by atoms with Crippen LogP contribution in [0.4, 0.5) is 18.9 Å². The highest BCUT2D eigenvalue weighted by atomic mass is 32.2. The number of halogens is 3. The molecule has 0 bridgehead atoms. The molecule has 1 aromatic carbocycles. The molecule has 130 valence electrons. The minimum atomic E-state index is -4.39. The van der Waals surface area contributed by atoms with Crippen LogP contribution >= 0.6 is 34.9 Å². The van der Waals surface area contributed by atoms with E-state index in [-0.39, 0.29) is 5.91 Å². The van der Waals surface area contributed by atoms with Gasteiger partial charge in [0.15, 0.2) is 8.68 Å². The fourth-order valence-corrected chi connectivity index (χ4v) is 4.68. The number of thioether (sulfide) groups is 2. The smallest absolute Gasteiger partial charge is 0.325 e. The number of carbonyl (C=O) groups is 1. The van der Waals surface area contributed by atoms with E-state index in [4.69, 9.17) is 0 Å². The predicted octanol–water partition coefficient (Wildman–Crippen LogP) is 4.79. The van der Waals surface area contributed by atoms with Crippen LogP contribution in [0.2, 0.25) is 0 Å². The lowest BCUT2D eigenvalue weighted by Gasteiger charge is -2.11.